The first-order valence-electron chi connectivity index (χ1n) is 7.49. The molecule has 0 N–H and O–H groups in total. The van der Waals surface area contributed by atoms with Crippen LogP contribution in [0.15, 0.2) is 29.2 Å². The van der Waals surface area contributed by atoms with Crippen LogP contribution in [-0.2, 0) is 11.2 Å². The molecule has 0 bridgehead atoms. The Bertz CT molecular complexity index is 462. The highest BCUT2D eigenvalue weighted by Gasteiger charge is 2.27. The normalized spacial score (nSPS) is 20.1. The summed E-state index contributed by atoms with van der Waals surface area (Å²) < 4.78 is 0. The van der Waals surface area contributed by atoms with E-state index in [4.69, 9.17) is 0 Å². The lowest BCUT2D eigenvalue weighted by Crippen LogP contribution is -2.49. The molecule has 1 saturated carbocycles. The second-order valence-corrected chi connectivity index (χ2v) is 6.48. The Morgan fingerprint density at radius 2 is 1.75 bits per heavy atom. The van der Waals surface area contributed by atoms with Crippen molar-refractivity contribution < 1.29 is 4.79 Å². The zero-order valence-corrected chi connectivity index (χ0v) is 12.7. The van der Waals surface area contributed by atoms with Crippen molar-refractivity contribution in [2.75, 3.05) is 32.7 Å². The summed E-state index contributed by atoms with van der Waals surface area (Å²) in [6.07, 6.45) is 3.32. The first-order valence-corrected chi connectivity index (χ1v) is 7.93. The molecule has 0 spiro atoms. The molecule has 0 aromatic heterocycles. The summed E-state index contributed by atoms with van der Waals surface area (Å²) in [5, 5.41) is 0. The van der Waals surface area contributed by atoms with Gasteiger partial charge in [0, 0.05) is 37.6 Å². The number of thiol groups is 1. The van der Waals surface area contributed by atoms with Crippen LogP contribution < -0.4 is 0 Å². The van der Waals surface area contributed by atoms with Gasteiger partial charge in [0.15, 0.2) is 0 Å². The number of benzene rings is 1. The van der Waals surface area contributed by atoms with E-state index in [1.54, 1.807) is 0 Å². The van der Waals surface area contributed by atoms with E-state index in [-0.39, 0.29) is 5.91 Å². The maximum atomic E-state index is 12.3. The Morgan fingerprint density at radius 3 is 2.35 bits per heavy atom. The van der Waals surface area contributed by atoms with E-state index in [0.29, 0.717) is 6.42 Å². The number of amides is 1. The molecular weight excluding hydrogens is 268 g/mol. The Balaban J connectivity index is 1.47. The van der Waals surface area contributed by atoms with Gasteiger partial charge in [-0.1, -0.05) is 12.1 Å². The topological polar surface area (TPSA) is 23.6 Å². The average molecular weight is 290 g/mol. The summed E-state index contributed by atoms with van der Waals surface area (Å²) in [6.45, 7) is 5.09. The van der Waals surface area contributed by atoms with Gasteiger partial charge in [-0.2, -0.15) is 0 Å². The predicted molar refractivity (Wildman–Crippen MR) is 83.1 cm³/mol. The van der Waals surface area contributed by atoms with E-state index in [2.05, 4.69) is 17.5 Å². The zero-order chi connectivity index (χ0) is 13.9. The lowest BCUT2D eigenvalue weighted by Gasteiger charge is -2.34. The molecule has 3 nitrogen and oxygen atoms in total. The van der Waals surface area contributed by atoms with E-state index >= 15 is 0 Å². The van der Waals surface area contributed by atoms with Crippen molar-refractivity contribution >= 4 is 18.5 Å². The van der Waals surface area contributed by atoms with E-state index in [1.807, 2.05) is 29.2 Å². The van der Waals surface area contributed by atoms with Crippen LogP contribution in [0.4, 0.5) is 0 Å². The molecule has 20 heavy (non-hydrogen) atoms. The fourth-order valence-electron chi connectivity index (χ4n) is 2.75. The fourth-order valence-corrected chi connectivity index (χ4v) is 2.89. The third kappa shape index (κ3) is 3.76. The number of hydrogen-bond donors (Lipinski definition) is 1. The van der Waals surface area contributed by atoms with E-state index < -0.39 is 0 Å². The van der Waals surface area contributed by atoms with Crippen molar-refractivity contribution in [2.24, 2.45) is 5.92 Å². The third-order valence-electron chi connectivity index (χ3n) is 4.23. The van der Waals surface area contributed by atoms with Gasteiger partial charge in [-0.3, -0.25) is 9.69 Å². The van der Waals surface area contributed by atoms with Gasteiger partial charge in [0.1, 0.15) is 0 Å². The van der Waals surface area contributed by atoms with Gasteiger partial charge in [-0.05, 0) is 36.5 Å². The maximum absolute atomic E-state index is 12.3. The second-order valence-electron chi connectivity index (χ2n) is 5.97. The van der Waals surface area contributed by atoms with E-state index in [9.17, 15) is 4.79 Å². The highest BCUT2D eigenvalue weighted by atomic mass is 32.1. The van der Waals surface area contributed by atoms with Crippen molar-refractivity contribution in [2.45, 2.75) is 24.2 Å². The maximum Gasteiger partial charge on any atom is 0.227 e. The summed E-state index contributed by atoms with van der Waals surface area (Å²) >= 11 is 4.27. The SMILES string of the molecule is O=C(Cc1ccc(S)cc1)N1CCN(CC2CC2)CC1. The van der Waals surface area contributed by atoms with Crippen LogP contribution in [-0.4, -0.2) is 48.4 Å². The van der Waals surface area contributed by atoms with Crippen LogP contribution in [0.25, 0.3) is 0 Å². The molecule has 3 rings (SSSR count). The van der Waals surface area contributed by atoms with Gasteiger partial charge in [0.2, 0.25) is 5.91 Å². The standard InChI is InChI=1S/C16H22N2OS/c19-16(11-13-3-5-15(20)6-4-13)18-9-7-17(8-10-18)12-14-1-2-14/h3-6,14,20H,1-2,7-12H2. The van der Waals surface area contributed by atoms with Crippen molar-refractivity contribution in [1.29, 1.82) is 0 Å². The molecular formula is C16H22N2OS. The minimum atomic E-state index is 0.253. The molecule has 2 aliphatic rings. The average Bonchev–Trinajstić information content (AvgIpc) is 3.26. The minimum absolute atomic E-state index is 0.253. The van der Waals surface area contributed by atoms with Crippen LogP contribution in [0.3, 0.4) is 0 Å². The molecule has 1 heterocycles. The first-order chi connectivity index (χ1) is 9.70. The van der Waals surface area contributed by atoms with Crippen LogP contribution in [0.5, 0.6) is 0 Å². The number of rotatable bonds is 4. The summed E-state index contributed by atoms with van der Waals surface area (Å²) in [5.74, 6) is 1.19. The molecule has 4 heteroatoms. The number of carbonyl (C=O) groups is 1. The molecule has 1 aliphatic carbocycles. The van der Waals surface area contributed by atoms with Gasteiger partial charge in [-0.15, -0.1) is 12.6 Å². The molecule has 0 unspecified atom stereocenters. The van der Waals surface area contributed by atoms with Gasteiger partial charge >= 0.3 is 0 Å². The Kier molecular flexibility index (Phi) is 4.32. The number of piperazine rings is 1. The molecule has 0 atom stereocenters. The van der Waals surface area contributed by atoms with E-state index in [0.717, 1.165) is 42.6 Å². The smallest absolute Gasteiger partial charge is 0.227 e. The molecule has 1 amide bonds. The predicted octanol–water partition coefficient (Wildman–Crippen LogP) is 2.07. The fraction of sp³-hybridized carbons (Fsp3) is 0.562. The lowest BCUT2D eigenvalue weighted by molar-refractivity contribution is -0.132. The Morgan fingerprint density at radius 1 is 1.10 bits per heavy atom. The third-order valence-corrected chi connectivity index (χ3v) is 4.53. The molecule has 108 valence electrons. The Labute approximate surface area is 126 Å². The Hall–Kier alpha value is -1.00. The number of hydrogen-bond acceptors (Lipinski definition) is 3. The highest BCUT2D eigenvalue weighted by Crippen LogP contribution is 2.29. The summed E-state index contributed by atoms with van der Waals surface area (Å²) in [4.78, 5) is 17.7. The van der Waals surface area contributed by atoms with Gasteiger partial charge in [-0.25, -0.2) is 0 Å². The number of nitrogens with zero attached hydrogens (tertiary/aromatic N) is 2. The summed E-state index contributed by atoms with van der Waals surface area (Å²) in [6, 6.07) is 7.87. The van der Waals surface area contributed by atoms with Crippen LogP contribution in [0.1, 0.15) is 18.4 Å². The summed E-state index contributed by atoms with van der Waals surface area (Å²) in [5.41, 5.74) is 1.08. The molecule has 1 aromatic rings. The summed E-state index contributed by atoms with van der Waals surface area (Å²) in [7, 11) is 0. The number of carbonyl (C=O) groups excluding carboxylic acids is 1. The van der Waals surface area contributed by atoms with Crippen LogP contribution >= 0.6 is 12.6 Å². The second kappa shape index (κ2) is 6.19. The monoisotopic (exact) mass is 290 g/mol. The highest BCUT2D eigenvalue weighted by molar-refractivity contribution is 7.80. The van der Waals surface area contributed by atoms with Gasteiger partial charge in [0.05, 0.1) is 6.42 Å². The zero-order valence-electron chi connectivity index (χ0n) is 11.8. The van der Waals surface area contributed by atoms with Crippen molar-refractivity contribution in [3.63, 3.8) is 0 Å². The molecule has 2 fully saturated rings. The lowest BCUT2D eigenvalue weighted by atomic mass is 10.1. The molecule has 1 saturated heterocycles. The van der Waals surface area contributed by atoms with Crippen molar-refractivity contribution in [3.05, 3.63) is 29.8 Å². The van der Waals surface area contributed by atoms with Crippen molar-refractivity contribution in [1.82, 2.24) is 9.80 Å². The van der Waals surface area contributed by atoms with Crippen LogP contribution in [0.2, 0.25) is 0 Å². The van der Waals surface area contributed by atoms with E-state index in [1.165, 1.54) is 19.4 Å². The van der Waals surface area contributed by atoms with Crippen LogP contribution in [0, 0.1) is 5.92 Å². The molecule has 1 aliphatic heterocycles. The molecule has 0 radical (unpaired) electrons. The minimum Gasteiger partial charge on any atom is -0.340 e. The quantitative estimate of drug-likeness (QED) is 0.858. The van der Waals surface area contributed by atoms with Gasteiger partial charge in [0.25, 0.3) is 0 Å². The first kappa shape index (κ1) is 14.0. The molecule has 1 aromatic carbocycles. The largest absolute Gasteiger partial charge is 0.340 e. The van der Waals surface area contributed by atoms with Crippen molar-refractivity contribution in [3.8, 4) is 0 Å². The van der Waals surface area contributed by atoms with Gasteiger partial charge < -0.3 is 4.90 Å².